The second kappa shape index (κ2) is 6.70. The molecule has 3 atom stereocenters. The highest BCUT2D eigenvalue weighted by atomic mass is 15.4. The summed E-state index contributed by atoms with van der Waals surface area (Å²) >= 11 is 0. The van der Waals surface area contributed by atoms with Crippen molar-refractivity contribution in [3.05, 3.63) is 35.4 Å². The Morgan fingerprint density at radius 2 is 2.10 bits per heavy atom. The molecule has 0 bridgehead atoms. The number of rotatable bonds is 5. The molecule has 0 saturated carbocycles. The first-order chi connectivity index (χ1) is 9.83. The van der Waals surface area contributed by atoms with Crippen LogP contribution in [0.1, 0.15) is 37.3 Å². The van der Waals surface area contributed by atoms with Crippen LogP contribution < -0.4 is 16.2 Å². The Kier molecular flexibility index (Phi) is 4.71. The zero-order valence-electron chi connectivity index (χ0n) is 12.5. The standard InChI is InChI=1S/C17H27N3/c1-13-16(12-19-20-13)7-4-10-18-17-9-8-14-5-2-3-6-15(14)11-17/h2-3,5-6,13,16-20H,4,7-12H2,1H3. The molecule has 1 aliphatic carbocycles. The van der Waals surface area contributed by atoms with Gasteiger partial charge >= 0.3 is 0 Å². The van der Waals surface area contributed by atoms with Crippen LogP contribution in [0.25, 0.3) is 0 Å². The van der Waals surface area contributed by atoms with Gasteiger partial charge in [-0.15, -0.1) is 0 Å². The lowest BCUT2D eigenvalue weighted by Crippen LogP contribution is -2.35. The van der Waals surface area contributed by atoms with Crippen LogP contribution in [0.5, 0.6) is 0 Å². The normalized spacial score (nSPS) is 29.4. The fourth-order valence-corrected chi connectivity index (χ4v) is 3.54. The molecule has 1 saturated heterocycles. The lowest BCUT2D eigenvalue weighted by atomic mass is 9.88. The smallest absolute Gasteiger partial charge is 0.0225 e. The summed E-state index contributed by atoms with van der Waals surface area (Å²) < 4.78 is 0. The van der Waals surface area contributed by atoms with Crippen LogP contribution >= 0.6 is 0 Å². The van der Waals surface area contributed by atoms with E-state index in [0.717, 1.165) is 19.0 Å². The number of benzene rings is 1. The van der Waals surface area contributed by atoms with Gasteiger partial charge in [-0.3, -0.25) is 10.9 Å². The highest BCUT2D eigenvalue weighted by molar-refractivity contribution is 5.30. The van der Waals surface area contributed by atoms with E-state index in [1.54, 1.807) is 11.1 Å². The quantitative estimate of drug-likeness (QED) is 0.718. The molecule has 3 rings (SSSR count). The molecule has 20 heavy (non-hydrogen) atoms. The molecule has 3 heteroatoms. The van der Waals surface area contributed by atoms with E-state index < -0.39 is 0 Å². The number of hydrazine groups is 1. The summed E-state index contributed by atoms with van der Waals surface area (Å²) in [6.07, 6.45) is 6.34. The van der Waals surface area contributed by atoms with E-state index in [1.165, 1.54) is 32.1 Å². The number of hydrogen-bond donors (Lipinski definition) is 3. The maximum absolute atomic E-state index is 3.76. The second-order valence-corrected chi connectivity index (χ2v) is 6.38. The highest BCUT2D eigenvalue weighted by Crippen LogP contribution is 2.21. The van der Waals surface area contributed by atoms with Gasteiger partial charge in [0.15, 0.2) is 0 Å². The average molecular weight is 273 g/mol. The second-order valence-electron chi connectivity index (χ2n) is 6.38. The van der Waals surface area contributed by atoms with Crippen LogP contribution in [0.3, 0.4) is 0 Å². The largest absolute Gasteiger partial charge is 0.314 e. The zero-order valence-corrected chi connectivity index (χ0v) is 12.5. The van der Waals surface area contributed by atoms with E-state index in [4.69, 9.17) is 0 Å². The molecule has 0 spiro atoms. The molecule has 1 aliphatic heterocycles. The molecule has 0 radical (unpaired) electrons. The van der Waals surface area contributed by atoms with Gasteiger partial charge in [0.1, 0.15) is 0 Å². The third kappa shape index (κ3) is 3.40. The molecule has 1 aromatic carbocycles. The third-order valence-corrected chi connectivity index (χ3v) is 4.93. The van der Waals surface area contributed by atoms with Crippen molar-refractivity contribution >= 4 is 0 Å². The van der Waals surface area contributed by atoms with Gasteiger partial charge in [-0.05, 0) is 62.6 Å². The van der Waals surface area contributed by atoms with E-state index >= 15 is 0 Å². The summed E-state index contributed by atoms with van der Waals surface area (Å²) in [7, 11) is 0. The van der Waals surface area contributed by atoms with Gasteiger partial charge in [-0.2, -0.15) is 0 Å². The number of aryl methyl sites for hydroxylation is 1. The van der Waals surface area contributed by atoms with Crippen LogP contribution in [-0.4, -0.2) is 25.2 Å². The van der Waals surface area contributed by atoms with Crippen molar-refractivity contribution in [1.29, 1.82) is 0 Å². The van der Waals surface area contributed by atoms with E-state index in [1.807, 2.05) is 0 Å². The van der Waals surface area contributed by atoms with Crippen LogP contribution in [0, 0.1) is 5.92 Å². The SMILES string of the molecule is CC1NNCC1CCCNC1CCc2ccccc2C1. The Morgan fingerprint density at radius 1 is 1.25 bits per heavy atom. The molecular weight excluding hydrogens is 246 g/mol. The van der Waals surface area contributed by atoms with Gasteiger partial charge in [0, 0.05) is 18.6 Å². The summed E-state index contributed by atoms with van der Waals surface area (Å²) in [6.45, 7) is 4.56. The van der Waals surface area contributed by atoms with Gasteiger partial charge < -0.3 is 5.32 Å². The van der Waals surface area contributed by atoms with Crippen molar-refractivity contribution in [3.63, 3.8) is 0 Å². The lowest BCUT2D eigenvalue weighted by Gasteiger charge is -2.26. The Morgan fingerprint density at radius 3 is 2.90 bits per heavy atom. The van der Waals surface area contributed by atoms with Crippen molar-refractivity contribution in [2.24, 2.45) is 5.92 Å². The minimum Gasteiger partial charge on any atom is -0.314 e. The molecule has 1 aromatic rings. The van der Waals surface area contributed by atoms with Crippen LogP contribution in [0.15, 0.2) is 24.3 Å². The Balaban J connectivity index is 1.38. The molecule has 1 fully saturated rings. The van der Waals surface area contributed by atoms with Crippen LogP contribution in [0.2, 0.25) is 0 Å². The van der Waals surface area contributed by atoms with Gasteiger partial charge in [0.2, 0.25) is 0 Å². The molecule has 1 heterocycles. The molecule has 0 amide bonds. The maximum atomic E-state index is 3.76. The van der Waals surface area contributed by atoms with E-state index in [2.05, 4.69) is 47.4 Å². The van der Waals surface area contributed by atoms with Crippen molar-refractivity contribution in [3.8, 4) is 0 Å². The van der Waals surface area contributed by atoms with Crippen molar-refractivity contribution in [2.75, 3.05) is 13.1 Å². The Bertz CT molecular complexity index is 432. The molecule has 3 nitrogen and oxygen atoms in total. The summed E-state index contributed by atoms with van der Waals surface area (Å²) in [5, 5.41) is 3.76. The summed E-state index contributed by atoms with van der Waals surface area (Å²) in [4.78, 5) is 0. The first kappa shape index (κ1) is 14.1. The lowest BCUT2D eigenvalue weighted by molar-refractivity contribution is 0.409. The monoisotopic (exact) mass is 273 g/mol. The number of hydrogen-bond acceptors (Lipinski definition) is 3. The Labute approximate surface area is 122 Å². The number of fused-ring (bicyclic) bond motifs is 1. The molecule has 0 aromatic heterocycles. The van der Waals surface area contributed by atoms with E-state index in [-0.39, 0.29) is 0 Å². The third-order valence-electron chi connectivity index (χ3n) is 4.93. The minimum atomic E-state index is 0.622. The molecule has 110 valence electrons. The Hall–Kier alpha value is -0.900. The van der Waals surface area contributed by atoms with Gasteiger partial charge in [-0.1, -0.05) is 24.3 Å². The van der Waals surface area contributed by atoms with Crippen molar-refractivity contribution < 1.29 is 0 Å². The van der Waals surface area contributed by atoms with Crippen LogP contribution in [0.4, 0.5) is 0 Å². The van der Waals surface area contributed by atoms with Gasteiger partial charge in [-0.25, -0.2) is 0 Å². The van der Waals surface area contributed by atoms with E-state index in [0.29, 0.717) is 12.1 Å². The molecule has 3 N–H and O–H groups in total. The summed E-state index contributed by atoms with van der Waals surface area (Å²) in [5.41, 5.74) is 9.66. The van der Waals surface area contributed by atoms with Crippen molar-refractivity contribution in [1.82, 2.24) is 16.2 Å². The summed E-state index contributed by atoms with van der Waals surface area (Å²) in [6, 6.07) is 10.2. The maximum Gasteiger partial charge on any atom is 0.0225 e. The molecular formula is C17H27N3. The highest BCUT2D eigenvalue weighted by Gasteiger charge is 2.22. The van der Waals surface area contributed by atoms with Crippen LogP contribution in [-0.2, 0) is 12.8 Å². The number of nitrogens with one attached hydrogen (secondary N) is 3. The fourth-order valence-electron chi connectivity index (χ4n) is 3.54. The average Bonchev–Trinajstić information content (AvgIpc) is 2.89. The topological polar surface area (TPSA) is 36.1 Å². The first-order valence-electron chi connectivity index (χ1n) is 8.11. The van der Waals surface area contributed by atoms with Crippen molar-refractivity contribution in [2.45, 2.75) is 51.1 Å². The fraction of sp³-hybridized carbons (Fsp3) is 0.647. The molecule has 3 unspecified atom stereocenters. The van der Waals surface area contributed by atoms with Gasteiger partial charge in [0.05, 0.1) is 0 Å². The molecule has 2 aliphatic rings. The zero-order chi connectivity index (χ0) is 13.8. The van der Waals surface area contributed by atoms with E-state index in [9.17, 15) is 0 Å². The predicted molar refractivity (Wildman–Crippen MR) is 83.6 cm³/mol. The predicted octanol–water partition coefficient (Wildman–Crippen LogP) is 2.03. The van der Waals surface area contributed by atoms with Gasteiger partial charge in [0.25, 0.3) is 0 Å². The summed E-state index contributed by atoms with van der Waals surface area (Å²) in [5.74, 6) is 0.795. The minimum absolute atomic E-state index is 0.622. The first-order valence-corrected chi connectivity index (χ1v) is 8.11.